The number of nitrogens with zero attached hydrogens (tertiary/aromatic N) is 2. The molecule has 0 fully saturated rings. The second-order valence-electron chi connectivity index (χ2n) is 4.61. The molecule has 0 bridgehead atoms. The largest absolute Gasteiger partial charge is 0.342 e. The van der Waals surface area contributed by atoms with Gasteiger partial charge in [0, 0.05) is 11.6 Å². The van der Waals surface area contributed by atoms with E-state index in [-0.39, 0.29) is 11.9 Å². The number of halogens is 2. The maximum atomic E-state index is 12.3. The molecule has 0 aliphatic rings. The Hall–Kier alpha value is -1.63. The SMILES string of the molecule is C=CCn1c([C@H](C)NC(=O)c2ccc(Cl)cc2Cl)n[nH]c1=S. The molecule has 8 heteroatoms. The molecule has 2 aromatic rings. The van der Waals surface area contributed by atoms with E-state index < -0.39 is 0 Å². The van der Waals surface area contributed by atoms with Crippen molar-refractivity contribution in [1.29, 1.82) is 0 Å². The van der Waals surface area contributed by atoms with E-state index in [0.29, 0.717) is 32.7 Å². The minimum absolute atomic E-state index is 0.294. The molecule has 0 aliphatic heterocycles. The molecule has 0 aliphatic carbocycles. The Morgan fingerprint density at radius 1 is 1.59 bits per heavy atom. The number of nitrogens with one attached hydrogen (secondary N) is 2. The molecule has 0 saturated carbocycles. The van der Waals surface area contributed by atoms with Crippen molar-refractivity contribution in [3.8, 4) is 0 Å². The van der Waals surface area contributed by atoms with Gasteiger partial charge in [-0.3, -0.25) is 14.5 Å². The van der Waals surface area contributed by atoms with Crippen LogP contribution in [0.3, 0.4) is 0 Å². The fourth-order valence-corrected chi connectivity index (χ4v) is 2.69. The number of hydrogen-bond donors (Lipinski definition) is 2. The van der Waals surface area contributed by atoms with Crippen molar-refractivity contribution in [3.05, 3.63) is 57.1 Å². The first-order chi connectivity index (χ1) is 10.4. The van der Waals surface area contributed by atoms with Crippen molar-refractivity contribution in [1.82, 2.24) is 20.1 Å². The third-order valence-corrected chi connectivity index (χ3v) is 3.87. The zero-order valence-electron chi connectivity index (χ0n) is 11.8. The summed E-state index contributed by atoms with van der Waals surface area (Å²) in [7, 11) is 0. The molecule has 2 rings (SSSR count). The van der Waals surface area contributed by atoms with E-state index >= 15 is 0 Å². The summed E-state index contributed by atoms with van der Waals surface area (Å²) in [5.74, 6) is 0.302. The zero-order chi connectivity index (χ0) is 16.3. The molecular formula is C14H14Cl2N4OS. The quantitative estimate of drug-likeness (QED) is 0.630. The molecule has 2 N–H and O–H groups in total. The van der Waals surface area contributed by atoms with Crippen LogP contribution in [-0.2, 0) is 6.54 Å². The fourth-order valence-electron chi connectivity index (χ4n) is 1.98. The molecule has 1 aromatic carbocycles. The van der Waals surface area contributed by atoms with E-state index in [9.17, 15) is 4.79 Å². The van der Waals surface area contributed by atoms with Gasteiger partial charge in [-0.05, 0) is 37.3 Å². The Balaban J connectivity index is 2.21. The van der Waals surface area contributed by atoms with Crippen molar-refractivity contribution in [2.75, 3.05) is 0 Å². The topological polar surface area (TPSA) is 62.7 Å². The fraction of sp³-hybridized carbons (Fsp3) is 0.214. The molecule has 0 saturated heterocycles. The molecule has 22 heavy (non-hydrogen) atoms. The summed E-state index contributed by atoms with van der Waals surface area (Å²) in [6, 6.07) is 4.36. The second kappa shape index (κ2) is 7.09. The second-order valence-corrected chi connectivity index (χ2v) is 5.84. The highest BCUT2D eigenvalue weighted by Crippen LogP contribution is 2.21. The van der Waals surface area contributed by atoms with Crippen molar-refractivity contribution in [2.24, 2.45) is 0 Å². The van der Waals surface area contributed by atoms with Crippen LogP contribution < -0.4 is 5.32 Å². The van der Waals surface area contributed by atoms with Crippen molar-refractivity contribution >= 4 is 41.3 Å². The third-order valence-electron chi connectivity index (χ3n) is 3.01. The Bertz CT molecular complexity index is 768. The summed E-state index contributed by atoms with van der Waals surface area (Å²) in [5.41, 5.74) is 0.349. The highest BCUT2D eigenvalue weighted by molar-refractivity contribution is 7.71. The van der Waals surface area contributed by atoms with Gasteiger partial charge in [0.15, 0.2) is 10.6 Å². The van der Waals surface area contributed by atoms with E-state index in [1.54, 1.807) is 22.8 Å². The first-order valence-electron chi connectivity index (χ1n) is 6.46. The molecule has 0 unspecified atom stereocenters. The Morgan fingerprint density at radius 3 is 2.95 bits per heavy atom. The van der Waals surface area contributed by atoms with Crippen LogP contribution in [0.15, 0.2) is 30.9 Å². The van der Waals surface area contributed by atoms with Crippen molar-refractivity contribution in [2.45, 2.75) is 19.5 Å². The van der Waals surface area contributed by atoms with Gasteiger partial charge in [0.1, 0.15) is 0 Å². The van der Waals surface area contributed by atoms with Crippen LogP contribution in [0.5, 0.6) is 0 Å². The number of amides is 1. The van der Waals surface area contributed by atoms with Crippen molar-refractivity contribution < 1.29 is 4.79 Å². The predicted molar refractivity (Wildman–Crippen MR) is 90.0 cm³/mol. The first-order valence-corrected chi connectivity index (χ1v) is 7.62. The van der Waals surface area contributed by atoms with Crippen LogP contribution in [-0.4, -0.2) is 20.7 Å². The average molecular weight is 357 g/mol. The minimum atomic E-state index is -0.354. The number of carbonyl (C=O) groups is 1. The molecule has 1 aromatic heterocycles. The molecule has 0 radical (unpaired) electrons. The van der Waals surface area contributed by atoms with Gasteiger partial charge in [0.25, 0.3) is 5.91 Å². The molecule has 0 spiro atoms. The molecule has 5 nitrogen and oxygen atoms in total. The maximum absolute atomic E-state index is 12.3. The van der Waals surface area contributed by atoms with E-state index in [4.69, 9.17) is 35.4 Å². The summed E-state index contributed by atoms with van der Waals surface area (Å²) in [6.45, 7) is 6.00. The standard InChI is InChI=1S/C14H14Cl2N4OS/c1-3-6-20-12(18-19-14(20)22)8(2)17-13(21)10-5-4-9(15)7-11(10)16/h3-5,7-8H,1,6H2,2H3,(H,17,21)(H,19,22)/t8-/m0/s1. The van der Waals surface area contributed by atoms with Gasteiger partial charge < -0.3 is 5.32 Å². The number of aromatic amines is 1. The molecule has 116 valence electrons. The van der Waals surface area contributed by atoms with Gasteiger partial charge in [0.2, 0.25) is 0 Å². The van der Waals surface area contributed by atoms with Crippen molar-refractivity contribution in [3.63, 3.8) is 0 Å². The number of H-pyrrole nitrogens is 1. The van der Waals surface area contributed by atoms with Gasteiger partial charge in [-0.2, -0.15) is 5.10 Å². The number of benzene rings is 1. The highest BCUT2D eigenvalue weighted by atomic mass is 35.5. The molecule has 1 heterocycles. The number of aromatic nitrogens is 3. The smallest absolute Gasteiger partial charge is 0.253 e. The minimum Gasteiger partial charge on any atom is -0.342 e. The maximum Gasteiger partial charge on any atom is 0.253 e. The lowest BCUT2D eigenvalue weighted by atomic mass is 10.2. The van der Waals surface area contributed by atoms with E-state index in [0.717, 1.165) is 0 Å². The third kappa shape index (κ3) is 3.58. The van der Waals surface area contributed by atoms with E-state index in [2.05, 4.69) is 22.1 Å². The van der Waals surface area contributed by atoms with Gasteiger partial charge in [-0.15, -0.1) is 6.58 Å². The van der Waals surface area contributed by atoms with E-state index in [1.165, 1.54) is 6.07 Å². The zero-order valence-corrected chi connectivity index (χ0v) is 14.1. The summed E-state index contributed by atoms with van der Waals surface area (Å²) in [6.07, 6.45) is 1.71. The number of carbonyl (C=O) groups excluding carboxylic acids is 1. The highest BCUT2D eigenvalue weighted by Gasteiger charge is 2.18. The van der Waals surface area contributed by atoms with Crippen LogP contribution in [0.2, 0.25) is 10.0 Å². The van der Waals surface area contributed by atoms with Crippen LogP contribution in [0.4, 0.5) is 0 Å². The Morgan fingerprint density at radius 2 is 2.32 bits per heavy atom. The number of rotatable bonds is 5. The predicted octanol–water partition coefficient (Wildman–Crippen LogP) is 3.92. The Kier molecular flexibility index (Phi) is 5.39. The molecular weight excluding hydrogens is 343 g/mol. The normalized spacial score (nSPS) is 12.0. The summed E-state index contributed by atoms with van der Waals surface area (Å²) in [4.78, 5) is 12.3. The van der Waals surface area contributed by atoms with Crippen LogP contribution >= 0.6 is 35.4 Å². The van der Waals surface area contributed by atoms with Crippen LogP contribution in [0, 0.1) is 4.77 Å². The van der Waals surface area contributed by atoms with Crippen LogP contribution in [0.1, 0.15) is 29.1 Å². The lowest BCUT2D eigenvalue weighted by molar-refractivity contribution is 0.0938. The summed E-state index contributed by atoms with van der Waals surface area (Å²) < 4.78 is 2.23. The Labute approximate surface area is 142 Å². The molecule has 1 amide bonds. The van der Waals surface area contributed by atoms with Gasteiger partial charge in [-0.25, -0.2) is 0 Å². The first kappa shape index (κ1) is 16.7. The van der Waals surface area contributed by atoms with Gasteiger partial charge >= 0.3 is 0 Å². The van der Waals surface area contributed by atoms with Crippen LogP contribution in [0.25, 0.3) is 0 Å². The average Bonchev–Trinajstić information content (AvgIpc) is 2.80. The van der Waals surface area contributed by atoms with E-state index in [1.807, 2.05) is 6.92 Å². The lowest BCUT2D eigenvalue weighted by Crippen LogP contribution is -2.29. The summed E-state index contributed by atoms with van der Waals surface area (Å²) >= 11 is 17.0. The molecule has 1 atom stereocenters. The monoisotopic (exact) mass is 356 g/mol. The number of allylic oxidation sites excluding steroid dienone is 1. The number of hydrogen-bond acceptors (Lipinski definition) is 3. The lowest BCUT2D eigenvalue weighted by Gasteiger charge is -2.14. The van der Waals surface area contributed by atoms with Gasteiger partial charge in [-0.1, -0.05) is 29.3 Å². The van der Waals surface area contributed by atoms with Gasteiger partial charge in [0.05, 0.1) is 16.6 Å². The summed E-state index contributed by atoms with van der Waals surface area (Å²) in [5, 5.41) is 10.5.